The number of carbonyl (C=O) groups excluding carboxylic acids is 1. The van der Waals surface area contributed by atoms with E-state index >= 15 is 0 Å². The summed E-state index contributed by atoms with van der Waals surface area (Å²) in [6, 6.07) is 9.18. The fourth-order valence-corrected chi connectivity index (χ4v) is 2.66. The van der Waals surface area contributed by atoms with E-state index in [1.165, 1.54) is 10.6 Å². The summed E-state index contributed by atoms with van der Waals surface area (Å²) in [4.78, 5) is 35.0. The Labute approximate surface area is 145 Å². The molecule has 0 atom stereocenters. The van der Waals surface area contributed by atoms with Crippen LogP contribution in [0.5, 0.6) is 0 Å². The molecule has 0 aliphatic heterocycles. The molecule has 0 unspecified atom stereocenters. The Morgan fingerprint density at radius 2 is 2.00 bits per heavy atom. The van der Waals surface area contributed by atoms with Gasteiger partial charge in [0.25, 0.3) is 11.3 Å². The molecule has 130 valence electrons. The van der Waals surface area contributed by atoms with Crippen LogP contribution in [0.25, 0.3) is 5.78 Å². The number of nitrogens with zero attached hydrogens (tertiary/aromatic N) is 4. The molecule has 0 aliphatic rings. The van der Waals surface area contributed by atoms with E-state index in [4.69, 9.17) is 0 Å². The van der Waals surface area contributed by atoms with Crippen LogP contribution in [0, 0.1) is 19.8 Å². The van der Waals surface area contributed by atoms with Crippen molar-refractivity contribution in [3.05, 3.63) is 57.8 Å². The SMILES string of the molecule is Cc1cccc(N(Cc2nc3nc(C)cc(=O)n3[nH]2)C(=O)C(C)C)c1. The number of aromatic nitrogens is 4. The maximum Gasteiger partial charge on any atom is 0.274 e. The number of anilines is 1. The number of rotatable bonds is 4. The van der Waals surface area contributed by atoms with E-state index < -0.39 is 0 Å². The first-order valence-corrected chi connectivity index (χ1v) is 8.18. The van der Waals surface area contributed by atoms with Gasteiger partial charge in [-0.05, 0) is 31.5 Å². The molecule has 0 bridgehead atoms. The van der Waals surface area contributed by atoms with E-state index in [0.29, 0.717) is 17.3 Å². The minimum Gasteiger partial charge on any atom is -0.305 e. The van der Waals surface area contributed by atoms with Crippen LogP contribution in [-0.2, 0) is 11.3 Å². The van der Waals surface area contributed by atoms with Gasteiger partial charge in [-0.3, -0.25) is 14.7 Å². The van der Waals surface area contributed by atoms with Gasteiger partial charge in [-0.1, -0.05) is 26.0 Å². The molecule has 7 nitrogen and oxygen atoms in total. The summed E-state index contributed by atoms with van der Waals surface area (Å²) in [5, 5.41) is 2.94. The zero-order valence-corrected chi connectivity index (χ0v) is 14.8. The second-order valence-corrected chi connectivity index (χ2v) is 6.46. The minimum atomic E-state index is -0.224. The number of amides is 1. The highest BCUT2D eigenvalue weighted by Crippen LogP contribution is 2.20. The Morgan fingerprint density at radius 3 is 2.68 bits per heavy atom. The molecule has 1 N–H and O–H groups in total. The molecule has 25 heavy (non-hydrogen) atoms. The van der Waals surface area contributed by atoms with Crippen molar-refractivity contribution in [1.82, 2.24) is 19.6 Å². The lowest BCUT2D eigenvalue weighted by Gasteiger charge is -2.24. The van der Waals surface area contributed by atoms with Gasteiger partial charge in [-0.15, -0.1) is 0 Å². The molecule has 0 saturated carbocycles. The summed E-state index contributed by atoms with van der Waals surface area (Å²) in [7, 11) is 0. The van der Waals surface area contributed by atoms with Gasteiger partial charge in [-0.25, -0.2) is 4.98 Å². The number of aromatic amines is 1. The molecule has 1 amide bonds. The lowest BCUT2D eigenvalue weighted by Crippen LogP contribution is -2.34. The molecule has 0 spiro atoms. The molecule has 0 radical (unpaired) electrons. The van der Waals surface area contributed by atoms with Gasteiger partial charge >= 0.3 is 0 Å². The summed E-state index contributed by atoms with van der Waals surface area (Å²) < 4.78 is 1.29. The highest BCUT2D eigenvalue weighted by Gasteiger charge is 2.21. The summed E-state index contributed by atoms with van der Waals surface area (Å²) in [5.41, 5.74) is 2.25. The topological polar surface area (TPSA) is 83.4 Å². The zero-order valence-electron chi connectivity index (χ0n) is 14.8. The van der Waals surface area contributed by atoms with Gasteiger partial charge in [0.15, 0.2) is 0 Å². The Kier molecular flexibility index (Phi) is 4.39. The Morgan fingerprint density at radius 1 is 1.24 bits per heavy atom. The monoisotopic (exact) mass is 339 g/mol. The van der Waals surface area contributed by atoms with Crippen LogP contribution >= 0.6 is 0 Å². The summed E-state index contributed by atoms with van der Waals surface area (Å²) in [6.45, 7) is 7.69. The van der Waals surface area contributed by atoms with Crippen LogP contribution in [0.2, 0.25) is 0 Å². The van der Waals surface area contributed by atoms with Crippen molar-refractivity contribution in [2.24, 2.45) is 5.92 Å². The Hall–Kier alpha value is -2.96. The summed E-state index contributed by atoms with van der Waals surface area (Å²) >= 11 is 0. The van der Waals surface area contributed by atoms with E-state index in [9.17, 15) is 9.59 Å². The number of aryl methyl sites for hydroxylation is 2. The molecule has 3 aromatic rings. The summed E-state index contributed by atoms with van der Waals surface area (Å²) in [6.07, 6.45) is 0. The van der Waals surface area contributed by atoms with E-state index in [-0.39, 0.29) is 23.9 Å². The van der Waals surface area contributed by atoms with Gasteiger partial charge in [0, 0.05) is 23.4 Å². The second kappa shape index (κ2) is 6.51. The lowest BCUT2D eigenvalue weighted by molar-refractivity contribution is -0.121. The standard InChI is InChI=1S/C18H21N5O2/c1-11(2)17(25)22(14-7-5-6-12(3)8-14)10-15-20-18-19-13(4)9-16(24)23(18)21-15/h5-9,11H,10H2,1-4H3,(H,19,20,21). The van der Waals surface area contributed by atoms with Crippen molar-refractivity contribution < 1.29 is 4.79 Å². The second-order valence-electron chi connectivity index (χ2n) is 6.46. The van der Waals surface area contributed by atoms with Gasteiger partial charge in [0.1, 0.15) is 5.82 Å². The molecular formula is C18H21N5O2. The first-order chi connectivity index (χ1) is 11.8. The van der Waals surface area contributed by atoms with Crippen molar-refractivity contribution in [2.75, 3.05) is 4.90 Å². The highest BCUT2D eigenvalue weighted by atomic mass is 16.2. The largest absolute Gasteiger partial charge is 0.305 e. The molecule has 7 heteroatoms. The van der Waals surface area contributed by atoms with E-state index in [1.54, 1.807) is 11.8 Å². The average Bonchev–Trinajstić information content (AvgIpc) is 2.94. The Balaban J connectivity index is 2.02. The van der Waals surface area contributed by atoms with Crippen LogP contribution in [-0.4, -0.2) is 25.5 Å². The van der Waals surface area contributed by atoms with Gasteiger partial charge in [0.05, 0.1) is 6.54 Å². The van der Waals surface area contributed by atoms with E-state index in [1.807, 2.05) is 45.0 Å². The molecule has 3 rings (SSSR count). The molecule has 0 aliphatic carbocycles. The number of benzene rings is 1. The van der Waals surface area contributed by atoms with Crippen LogP contribution in [0.3, 0.4) is 0 Å². The molecule has 2 aromatic heterocycles. The quantitative estimate of drug-likeness (QED) is 0.790. The van der Waals surface area contributed by atoms with E-state index in [2.05, 4.69) is 15.1 Å². The van der Waals surface area contributed by atoms with Crippen LogP contribution in [0.4, 0.5) is 5.69 Å². The minimum absolute atomic E-state index is 0.0115. The molecular weight excluding hydrogens is 318 g/mol. The maximum atomic E-state index is 12.7. The van der Waals surface area contributed by atoms with Gasteiger partial charge < -0.3 is 4.90 Å². The van der Waals surface area contributed by atoms with Crippen LogP contribution in [0.1, 0.15) is 30.9 Å². The third-order valence-electron chi connectivity index (χ3n) is 3.89. The number of fused-ring (bicyclic) bond motifs is 1. The van der Waals surface area contributed by atoms with Crippen molar-refractivity contribution in [1.29, 1.82) is 0 Å². The molecule has 2 heterocycles. The van der Waals surface area contributed by atoms with Gasteiger partial charge in [0.2, 0.25) is 5.91 Å². The number of H-pyrrole nitrogens is 1. The predicted molar refractivity (Wildman–Crippen MR) is 95.6 cm³/mol. The average molecular weight is 339 g/mol. The third-order valence-corrected chi connectivity index (χ3v) is 3.89. The Bertz CT molecular complexity index is 987. The zero-order chi connectivity index (χ0) is 18.1. The highest BCUT2D eigenvalue weighted by molar-refractivity contribution is 5.94. The van der Waals surface area contributed by atoms with Crippen molar-refractivity contribution in [2.45, 2.75) is 34.2 Å². The van der Waals surface area contributed by atoms with Crippen molar-refractivity contribution in [3.63, 3.8) is 0 Å². The maximum absolute atomic E-state index is 12.7. The molecule has 0 saturated heterocycles. The smallest absolute Gasteiger partial charge is 0.274 e. The lowest BCUT2D eigenvalue weighted by atomic mass is 10.1. The first-order valence-electron chi connectivity index (χ1n) is 8.18. The fraction of sp³-hybridized carbons (Fsp3) is 0.333. The number of carbonyl (C=O) groups is 1. The number of hydrogen-bond donors (Lipinski definition) is 1. The van der Waals surface area contributed by atoms with Gasteiger partial charge in [-0.2, -0.15) is 9.50 Å². The molecule has 0 fully saturated rings. The fourth-order valence-electron chi connectivity index (χ4n) is 2.66. The molecule has 1 aromatic carbocycles. The predicted octanol–water partition coefficient (Wildman–Crippen LogP) is 2.22. The normalized spacial score (nSPS) is 11.2. The van der Waals surface area contributed by atoms with Crippen molar-refractivity contribution >= 4 is 17.4 Å². The van der Waals surface area contributed by atoms with Crippen LogP contribution < -0.4 is 10.5 Å². The summed E-state index contributed by atoms with van der Waals surface area (Å²) in [5.74, 6) is 0.641. The third kappa shape index (κ3) is 3.45. The van der Waals surface area contributed by atoms with E-state index in [0.717, 1.165) is 11.3 Å². The number of hydrogen-bond acceptors (Lipinski definition) is 4. The first kappa shape index (κ1) is 16.9. The van der Waals surface area contributed by atoms with Crippen LogP contribution in [0.15, 0.2) is 35.1 Å². The van der Waals surface area contributed by atoms with Crippen molar-refractivity contribution in [3.8, 4) is 0 Å². The number of nitrogens with one attached hydrogen (secondary N) is 1.